The van der Waals surface area contributed by atoms with Gasteiger partial charge >= 0.3 is 0 Å². The summed E-state index contributed by atoms with van der Waals surface area (Å²) < 4.78 is 0. The quantitative estimate of drug-likeness (QED) is 0.352. The van der Waals surface area contributed by atoms with Crippen molar-refractivity contribution < 1.29 is 4.79 Å². The topological polar surface area (TPSA) is 32.7 Å². The molecule has 1 amide bonds. The molecular formula is C21H14N2OS4. The molecule has 1 aliphatic rings. The average molecular weight is 439 g/mol. The van der Waals surface area contributed by atoms with Crippen LogP contribution in [0.2, 0.25) is 0 Å². The maximum Gasteiger partial charge on any atom is 0.288 e. The zero-order chi connectivity index (χ0) is 18.9. The summed E-state index contributed by atoms with van der Waals surface area (Å²) in [5.74, 6) is -0.0588. The normalized spacial score (nSPS) is 16.7. The molecule has 1 aliphatic heterocycles. The number of allylic oxidation sites excluding steroid dienone is 1. The Morgan fingerprint density at radius 3 is 2.14 bits per heavy atom. The number of hydrazone groups is 1. The van der Waals surface area contributed by atoms with Gasteiger partial charge < -0.3 is 0 Å². The molecule has 0 fully saturated rings. The molecule has 0 radical (unpaired) electrons. The first-order valence-corrected chi connectivity index (χ1v) is 12.1. The Labute approximate surface area is 178 Å². The minimum atomic E-state index is -0.0895. The SMILES string of the molecule is O=C(c1cccs1)N1N=C(c2cccs2)C(c2cccs2)C=C1c1cccs1. The lowest BCUT2D eigenvalue weighted by Gasteiger charge is -2.28. The van der Waals surface area contributed by atoms with Crippen LogP contribution in [0.5, 0.6) is 0 Å². The van der Waals surface area contributed by atoms with Gasteiger partial charge in [-0.1, -0.05) is 24.3 Å². The fourth-order valence-electron chi connectivity index (χ4n) is 3.11. The number of thiophene rings is 4. The molecule has 4 aromatic rings. The fourth-order valence-corrected chi connectivity index (χ4v) is 6.04. The van der Waals surface area contributed by atoms with Crippen molar-refractivity contribution >= 4 is 62.7 Å². The Morgan fingerprint density at radius 1 is 0.821 bits per heavy atom. The van der Waals surface area contributed by atoms with Crippen molar-refractivity contribution in [2.45, 2.75) is 5.92 Å². The molecule has 0 saturated heterocycles. The van der Waals surface area contributed by atoms with Crippen molar-refractivity contribution in [3.8, 4) is 0 Å². The predicted molar refractivity (Wildman–Crippen MR) is 121 cm³/mol. The molecule has 0 spiro atoms. The summed E-state index contributed by atoms with van der Waals surface area (Å²) in [6.07, 6.45) is 2.19. The molecule has 1 unspecified atom stereocenters. The Morgan fingerprint density at radius 2 is 1.50 bits per heavy atom. The highest BCUT2D eigenvalue weighted by atomic mass is 32.1. The zero-order valence-corrected chi connectivity index (χ0v) is 17.8. The monoisotopic (exact) mass is 438 g/mol. The molecule has 3 nitrogen and oxygen atoms in total. The van der Waals surface area contributed by atoms with Crippen LogP contribution in [-0.4, -0.2) is 16.6 Å². The molecule has 5 rings (SSSR count). The van der Waals surface area contributed by atoms with E-state index in [-0.39, 0.29) is 11.8 Å². The van der Waals surface area contributed by atoms with E-state index in [1.54, 1.807) is 39.0 Å². The van der Waals surface area contributed by atoms with Crippen LogP contribution in [0.25, 0.3) is 5.70 Å². The summed E-state index contributed by atoms with van der Waals surface area (Å²) >= 11 is 6.44. The van der Waals surface area contributed by atoms with Gasteiger partial charge in [-0.05, 0) is 51.9 Å². The summed E-state index contributed by atoms with van der Waals surface area (Å²) in [4.78, 5) is 17.3. The Bertz CT molecular complexity index is 1120. The van der Waals surface area contributed by atoms with E-state index in [4.69, 9.17) is 5.10 Å². The van der Waals surface area contributed by atoms with E-state index in [9.17, 15) is 4.79 Å². The van der Waals surface area contributed by atoms with Crippen molar-refractivity contribution in [1.29, 1.82) is 0 Å². The molecular weight excluding hydrogens is 425 g/mol. The Kier molecular flexibility index (Phi) is 4.82. The van der Waals surface area contributed by atoms with E-state index in [1.165, 1.54) is 16.2 Å². The summed E-state index contributed by atoms with van der Waals surface area (Å²) in [5.41, 5.74) is 1.77. The van der Waals surface area contributed by atoms with Crippen LogP contribution in [0.4, 0.5) is 0 Å². The molecule has 0 N–H and O–H groups in total. The number of carbonyl (C=O) groups excluding carboxylic acids is 1. The van der Waals surface area contributed by atoms with Crippen LogP contribution < -0.4 is 0 Å². The highest BCUT2D eigenvalue weighted by Crippen LogP contribution is 2.38. The number of amides is 1. The number of hydrogen-bond acceptors (Lipinski definition) is 6. The van der Waals surface area contributed by atoms with Gasteiger partial charge in [-0.25, -0.2) is 0 Å². The van der Waals surface area contributed by atoms with E-state index >= 15 is 0 Å². The smallest absolute Gasteiger partial charge is 0.266 e. The number of carbonyl (C=O) groups is 1. The molecule has 0 bridgehead atoms. The lowest BCUT2D eigenvalue weighted by Crippen LogP contribution is -2.30. The largest absolute Gasteiger partial charge is 0.288 e. The maximum absolute atomic E-state index is 13.3. The summed E-state index contributed by atoms with van der Waals surface area (Å²) in [6.45, 7) is 0. The van der Waals surface area contributed by atoms with Gasteiger partial charge in [0.2, 0.25) is 0 Å². The molecule has 5 heterocycles. The summed E-state index contributed by atoms with van der Waals surface area (Å²) in [5, 5.41) is 14.6. The van der Waals surface area contributed by atoms with Gasteiger partial charge in [-0.3, -0.25) is 4.79 Å². The lowest BCUT2D eigenvalue weighted by atomic mass is 9.96. The third kappa shape index (κ3) is 3.20. The zero-order valence-electron chi connectivity index (χ0n) is 14.5. The first kappa shape index (κ1) is 17.8. The van der Waals surface area contributed by atoms with Gasteiger partial charge in [0.15, 0.2) is 0 Å². The van der Waals surface area contributed by atoms with Crippen molar-refractivity contribution in [2.75, 3.05) is 0 Å². The van der Waals surface area contributed by atoms with Gasteiger partial charge in [0.25, 0.3) is 5.91 Å². The van der Waals surface area contributed by atoms with E-state index in [2.05, 4.69) is 29.7 Å². The predicted octanol–water partition coefficient (Wildman–Crippen LogP) is 6.62. The molecule has 0 saturated carbocycles. The average Bonchev–Trinajstić information content (AvgIpc) is 3.54. The van der Waals surface area contributed by atoms with Gasteiger partial charge in [-0.15, -0.1) is 45.3 Å². The first-order valence-electron chi connectivity index (χ1n) is 8.60. The second kappa shape index (κ2) is 7.60. The van der Waals surface area contributed by atoms with Crippen LogP contribution in [0, 0.1) is 0 Å². The Balaban J connectivity index is 1.67. The van der Waals surface area contributed by atoms with Crippen molar-refractivity contribution in [3.05, 3.63) is 95.6 Å². The van der Waals surface area contributed by atoms with E-state index < -0.39 is 0 Å². The maximum atomic E-state index is 13.3. The van der Waals surface area contributed by atoms with Crippen molar-refractivity contribution in [3.63, 3.8) is 0 Å². The van der Waals surface area contributed by atoms with Crippen molar-refractivity contribution in [1.82, 2.24) is 5.01 Å². The molecule has 4 aromatic heterocycles. The van der Waals surface area contributed by atoms with Crippen LogP contribution in [0.15, 0.2) is 81.2 Å². The highest BCUT2D eigenvalue weighted by molar-refractivity contribution is 7.13. The minimum absolute atomic E-state index is 0.0307. The second-order valence-corrected chi connectivity index (χ2v) is 9.90. The van der Waals surface area contributed by atoms with Gasteiger partial charge in [-0.2, -0.15) is 10.1 Å². The summed E-state index contributed by atoms with van der Waals surface area (Å²) in [7, 11) is 0. The molecule has 7 heteroatoms. The minimum Gasteiger partial charge on any atom is -0.266 e. The molecule has 0 aromatic carbocycles. The van der Waals surface area contributed by atoms with E-state index in [1.807, 2.05) is 46.5 Å². The molecule has 0 aliphatic carbocycles. The van der Waals surface area contributed by atoms with Gasteiger partial charge in [0.1, 0.15) is 0 Å². The third-order valence-corrected chi connectivity index (χ3v) is 7.97. The lowest BCUT2D eigenvalue weighted by molar-refractivity contribution is 0.0841. The molecule has 28 heavy (non-hydrogen) atoms. The van der Waals surface area contributed by atoms with Crippen LogP contribution in [0.3, 0.4) is 0 Å². The first-order chi connectivity index (χ1) is 13.8. The van der Waals surface area contributed by atoms with Gasteiger partial charge in [0, 0.05) is 4.88 Å². The van der Waals surface area contributed by atoms with Gasteiger partial charge in [0.05, 0.1) is 32.0 Å². The van der Waals surface area contributed by atoms with Crippen LogP contribution in [-0.2, 0) is 0 Å². The number of rotatable bonds is 4. The molecule has 138 valence electrons. The number of nitrogens with zero attached hydrogens (tertiary/aromatic N) is 2. The highest BCUT2D eigenvalue weighted by Gasteiger charge is 2.32. The second-order valence-electron chi connectivity index (χ2n) is 6.08. The summed E-state index contributed by atoms with van der Waals surface area (Å²) in [6, 6.07) is 16.1. The van der Waals surface area contributed by atoms with E-state index in [0.717, 1.165) is 21.2 Å². The van der Waals surface area contributed by atoms with E-state index in [0.29, 0.717) is 4.88 Å². The third-order valence-electron chi connectivity index (χ3n) is 4.38. The van der Waals surface area contributed by atoms with Crippen molar-refractivity contribution in [2.24, 2.45) is 5.10 Å². The standard InChI is InChI=1S/C21H14N2OS4/c24-21(19-8-4-12-28-19)23-15(17-6-2-10-26-17)13-14(16-5-1-9-25-16)20(22-23)18-7-3-11-27-18/h1-14H. The Hall–Kier alpha value is -2.32. The van der Waals surface area contributed by atoms with Crippen LogP contribution in [0.1, 0.15) is 30.2 Å². The molecule has 1 atom stereocenters. The van der Waals surface area contributed by atoms with Crippen LogP contribution >= 0.6 is 45.3 Å². The number of hydrogen-bond donors (Lipinski definition) is 0. The fraction of sp³-hybridized carbons (Fsp3) is 0.0476.